The average Bonchev–Trinajstić information content (AvgIpc) is 2.42. The van der Waals surface area contributed by atoms with Gasteiger partial charge in [0.15, 0.2) is 0 Å². The third-order valence-corrected chi connectivity index (χ3v) is 3.42. The fraction of sp³-hybridized carbons (Fsp3) is 0.647. The Morgan fingerprint density at radius 1 is 1.00 bits per heavy atom. The molecule has 0 aromatic heterocycles. The van der Waals surface area contributed by atoms with Crippen LogP contribution in [0.15, 0.2) is 24.3 Å². The summed E-state index contributed by atoms with van der Waals surface area (Å²) in [5.41, 5.74) is 7.04. The molecular weight excluding hydrogens is 234 g/mol. The zero-order chi connectivity index (χ0) is 13.9. The fourth-order valence-corrected chi connectivity index (χ4v) is 2.23. The molecule has 0 bridgehead atoms. The first kappa shape index (κ1) is 16.0. The Balaban J connectivity index is 2.16. The topological polar surface area (TPSA) is 35.2 Å². The molecule has 1 aromatic carbocycles. The van der Waals surface area contributed by atoms with Gasteiger partial charge in [-0.3, -0.25) is 0 Å². The highest BCUT2D eigenvalue weighted by atomic mass is 16.5. The quantitative estimate of drug-likeness (QED) is 0.613. The van der Waals surface area contributed by atoms with Crippen LogP contribution < -0.4 is 10.5 Å². The lowest BCUT2D eigenvalue weighted by Gasteiger charge is -2.13. The lowest BCUT2D eigenvalue weighted by atomic mass is 10.1. The van der Waals surface area contributed by atoms with Crippen LogP contribution in [-0.2, 0) is 0 Å². The van der Waals surface area contributed by atoms with Crippen molar-refractivity contribution in [1.29, 1.82) is 0 Å². The van der Waals surface area contributed by atoms with Gasteiger partial charge in [0.2, 0.25) is 0 Å². The Kier molecular flexibility index (Phi) is 8.31. The molecule has 108 valence electrons. The molecule has 0 saturated carbocycles. The van der Waals surface area contributed by atoms with Crippen molar-refractivity contribution < 1.29 is 4.74 Å². The molecule has 1 aromatic rings. The number of hydrogen-bond donors (Lipinski definition) is 1. The van der Waals surface area contributed by atoms with Crippen molar-refractivity contribution in [2.45, 2.75) is 64.8 Å². The van der Waals surface area contributed by atoms with Crippen LogP contribution in [0.3, 0.4) is 0 Å². The van der Waals surface area contributed by atoms with Crippen molar-refractivity contribution in [2.75, 3.05) is 6.61 Å². The molecule has 0 fully saturated rings. The summed E-state index contributed by atoms with van der Waals surface area (Å²) < 4.78 is 5.85. The van der Waals surface area contributed by atoms with Crippen LogP contribution in [0, 0.1) is 0 Å². The van der Waals surface area contributed by atoms with E-state index in [0.717, 1.165) is 24.3 Å². The number of ether oxygens (including phenoxy) is 1. The number of para-hydroxylation sites is 1. The van der Waals surface area contributed by atoms with Gasteiger partial charge in [-0.05, 0) is 19.4 Å². The van der Waals surface area contributed by atoms with Gasteiger partial charge >= 0.3 is 0 Å². The third-order valence-electron chi connectivity index (χ3n) is 3.42. The molecule has 0 spiro atoms. The Labute approximate surface area is 118 Å². The minimum Gasteiger partial charge on any atom is -0.493 e. The molecule has 0 amide bonds. The summed E-state index contributed by atoms with van der Waals surface area (Å²) in [7, 11) is 0. The van der Waals surface area contributed by atoms with Gasteiger partial charge in [-0.25, -0.2) is 0 Å². The molecule has 0 saturated heterocycles. The molecule has 0 radical (unpaired) electrons. The van der Waals surface area contributed by atoms with E-state index in [0.29, 0.717) is 0 Å². The fourth-order valence-electron chi connectivity index (χ4n) is 2.23. The molecule has 2 nitrogen and oxygen atoms in total. The second-order valence-electron chi connectivity index (χ2n) is 5.30. The highest BCUT2D eigenvalue weighted by Crippen LogP contribution is 2.23. The highest BCUT2D eigenvalue weighted by Gasteiger charge is 2.06. The second-order valence-corrected chi connectivity index (χ2v) is 5.30. The zero-order valence-corrected chi connectivity index (χ0v) is 12.5. The van der Waals surface area contributed by atoms with E-state index < -0.39 is 0 Å². The van der Waals surface area contributed by atoms with Gasteiger partial charge in [-0.1, -0.05) is 63.6 Å². The third kappa shape index (κ3) is 6.63. The number of nitrogens with two attached hydrogens (primary N) is 1. The average molecular weight is 263 g/mol. The zero-order valence-electron chi connectivity index (χ0n) is 12.5. The number of rotatable bonds is 10. The standard InChI is InChI=1S/C17H29NO/c1-3-4-5-6-7-8-11-14-19-17-13-10-9-12-16(17)15(2)18/h9-10,12-13,15H,3-8,11,14,18H2,1-2H3/t15-/m0/s1. The first-order valence-electron chi connectivity index (χ1n) is 7.73. The maximum Gasteiger partial charge on any atom is 0.124 e. The Hall–Kier alpha value is -1.02. The van der Waals surface area contributed by atoms with Gasteiger partial charge in [0, 0.05) is 11.6 Å². The Morgan fingerprint density at radius 2 is 1.63 bits per heavy atom. The number of unbranched alkanes of at least 4 members (excludes halogenated alkanes) is 6. The SMILES string of the molecule is CCCCCCCCCOc1ccccc1[C@H](C)N. The van der Waals surface area contributed by atoms with Crippen molar-refractivity contribution in [2.24, 2.45) is 5.73 Å². The van der Waals surface area contributed by atoms with E-state index in [-0.39, 0.29) is 6.04 Å². The van der Waals surface area contributed by atoms with Gasteiger partial charge in [-0.15, -0.1) is 0 Å². The van der Waals surface area contributed by atoms with E-state index in [4.69, 9.17) is 10.5 Å². The molecule has 0 aliphatic rings. The van der Waals surface area contributed by atoms with Crippen LogP contribution in [-0.4, -0.2) is 6.61 Å². The van der Waals surface area contributed by atoms with Crippen LogP contribution in [0.25, 0.3) is 0 Å². The molecule has 0 unspecified atom stereocenters. The molecule has 2 heteroatoms. The van der Waals surface area contributed by atoms with Gasteiger partial charge in [-0.2, -0.15) is 0 Å². The molecule has 2 N–H and O–H groups in total. The summed E-state index contributed by atoms with van der Waals surface area (Å²) in [6, 6.07) is 8.11. The van der Waals surface area contributed by atoms with Crippen LogP contribution >= 0.6 is 0 Å². The van der Waals surface area contributed by atoms with Crippen molar-refractivity contribution in [3.8, 4) is 5.75 Å². The van der Waals surface area contributed by atoms with E-state index >= 15 is 0 Å². The van der Waals surface area contributed by atoms with Crippen molar-refractivity contribution in [1.82, 2.24) is 0 Å². The van der Waals surface area contributed by atoms with E-state index in [2.05, 4.69) is 6.92 Å². The molecule has 0 aliphatic carbocycles. The van der Waals surface area contributed by atoms with Crippen LogP contribution in [0.4, 0.5) is 0 Å². The minimum absolute atomic E-state index is 0.0326. The molecule has 0 aliphatic heterocycles. The van der Waals surface area contributed by atoms with Crippen molar-refractivity contribution in [3.05, 3.63) is 29.8 Å². The molecule has 0 heterocycles. The first-order chi connectivity index (χ1) is 9.25. The summed E-state index contributed by atoms with van der Waals surface area (Å²) in [6.45, 7) is 5.05. The van der Waals surface area contributed by atoms with Crippen LogP contribution in [0.5, 0.6) is 5.75 Å². The maximum absolute atomic E-state index is 5.93. The Morgan fingerprint density at radius 3 is 2.32 bits per heavy atom. The monoisotopic (exact) mass is 263 g/mol. The minimum atomic E-state index is 0.0326. The summed E-state index contributed by atoms with van der Waals surface area (Å²) >= 11 is 0. The van der Waals surface area contributed by atoms with Crippen molar-refractivity contribution in [3.63, 3.8) is 0 Å². The van der Waals surface area contributed by atoms with E-state index in [1.54, 1.807) is 0 Å². The Bertz CT molecular complexity index is 336. The maximum atomic E-state index is 5.93. The van der Waals surface area contributed by atoms with E-state index in [1.165, 1.54) is 38.5 Å². The molecule has 1 atom stereocenters. The van der Waals surface area contributed by atoms with E-state index in [1.807, 2.05) is 31.2 Å². The second kappa shape index (κ2) is 9.85. The van der Waals surface area contributed by atoms with Gasteiger partial charge in [0.05, 0.1) is 6.61 Å². The summed E-state index contributed by atoms with van der Waals surface area (Å²) in [5, 5.41) is 0. The normalized spacial score (nSPS) is 12.4. The lowest BCUT2D eigenvalue weighted by Crippen LogP contribution is -2.08. The lowest BCUT2D eigenvalue weighted by molar-refractivity contribution is 0.300. The summed E-state index contributed by atoms with van der Waals surface area (Å²) in [6.07, 6.45) is 9.17. The smallest absolute Gasteiger partial charge is 0.124 e. The highest BCUT2D eigenvalue weighted by molar-refractivity contribution is 5.35. The predicted octanol–water partition coefficient (Wildman–Crippen LogP) is 4.84. The van der Waals surface area contributed by atoms with Crippen LogP contribution in [0.2, 0.25) is 0 Å². The summed E-state index contributed by atoms with van der Waals surface area (Å²) in [4.78, 5) is 0. The largest absolute Gasteiger partial charge is 0.493 e. The first-order valence-corrected chi connectivity index (χ1v) is 7.73. The van der Waals surface area contributed by atoms with Crippen LogP contribution in [0.1, 0.15) is 70.4 Å². The van der Waals surface area contributed by atoms with Gasteiger partial charge < -0.3 is 10.5 Å². The molecular formula is C17H29NO. The number of benzene rings is 1. The molecule has 19 heavy (non-hydrogen) atoms. The van der Waals surface area contributed by atoms with E-state index in [9.17, 15) is 0 Å². The van der Waals surface area contributed by atoms with Crippen molar-refractivity contribution >= 4 is 0 Å². The van der Waals surface area contributed by atoms with Gasteiger partial charge in [0.25, 0.3) is 0 Å². The molecule has 1 rings (SSSR count). The van der Waals surface area contributed by atoms with Gasteiger partial charge in [0.1, 0.15) is 5.75 Å². The number of hydrogen-bond acceptors (Lipinski definition) is 2. The summed E-state index contributed by atoms with van der Waals surface area (Å²) in [5.74, 6) is 0.948. The predicted molar refractivity (Wildman–Crippen MR) is 82.5 cm³/mol.